The average molecular weight is 303 g/mol. The van der Waals surface area contributed by atoms with Crippen LogP contribution in [0.2, 0.25) is 0 Å². The summed E-state index contributed by atoms with van der Waals surface area (Å²) in [5.41, 5.74) is -0.980. The van der Waals surface area contributed by atoms with E-state index in [4.69, 9.17) is 0 Å². The first-order valence-corrected chi connectivity index (χ1v) is 6.37. The summed E-state index contributed by atoms with van der Waals surface area (Å²) in [5.74, 6) is 0. The van der Waals surface area contributed by atoms with Gasteiger partial charge in [0.1, 0.15) is 0 Å². The maximum absolute atomic E-state index is 12.3. The minimum absolute atomic E-state index is 0.123. The van der Waals surface area contributed by atoms with Crippen LogP contribution in [0.25, 0.3) is 0 Å². The van der Waals surface area contributed by atoms with Crippen molar-refractivity contribution in [2.24, 2.45) is 0 Å². The molecule has 0 N–H and O–H groups in total. The van der Waals surface area contributed by atoms with E-state index in [2.05, 4.69) is 15.9 Å². The van der Waals surface area contributed by atoms with Gasteiger partial charge in [0, 0.05) is 10.7 Å². The molecule has 1 rings (SSSR count). The van der Waals surface area contributed by atoms with Crippen molar-refractivity contribution in [2.75, 3.05) is 6.26 Å². The molecule has 0 saturated carbocycles. The van der Waals surface area contributed by atoms with Gasteiger partial charge in [0.15, 0.2) is 9.84 Å². The summed E-state index contributed by atoms with van der Waals surface area (Å²) in [6, 6.07) is 2.50. The molecule has 0 unspecified atom stereocenters. The van der Waals surface area contributed by atoms with Crippen LogP contribution in [0.1, 0.15) is 5.56 Å². The summed E-state index contributed by atoms with van der Waals surface area (Å²) in [6.07, 6.45) is -3.69. The van der Waals surface area contributed by atoms with Crippen molar-refractivity contribution in [3.63, 3.8) is 0 Å². The fraction of sp³-hybridized carbons (Fsp3) is 0.250. The third-order valence-corrected chi connectivity index (χ3v) is 3.75. The Hall–Kier alpha value is -0.560. The van der Waals surface area contributed by atoms with E-state index in [-0.39, 0.29) is 9.37 Å². The van der Waals surface area contributed by atoms with Crippen LogP contribution in [-0.2, 0) is 16.0 Å². The average Bonchev–Trinajstić information content (AvgIpc) is 2.00. The van der Waals surface area contributed by atoms with Crippen molar-refractivity contribution in [1.82, 2.24) is 0 Å². The summed E-state index contributed by atoms with van der Waals surface area (Å²) in [4.78, 5) is -0.364. The Balaban J connectivity index is 3.43. The molecular weight excluding hydrogens is 297 g/mol. The highest BCUT2D eigenvalue weighted by Crippen LogP contribution is 2.33. The van der Waals surface area contributed by atoms with Gasteiger partial charge in [-0.25, -0.2) is 8.42 Å². The van der Waals surface area contributed by atoms with E-state index in [1.165, 1.54) is 0 Å². The van der Waals surface area contributed by atoms with Gasteiger partial charge in [-0.3, -0.25) is 0 Å². The zero-order valence-corrected chi connectivity index (χ0v) is 9.87. The van der Waals surface area contributed by atoms with Crippen molar-refractivity contribution in [3.8, 4) is 0 Å². The van der Waals surface area contributed by atoms with Gasteiger partial charge in [0.25, 0.3) is 0 Å². The molecule has 7 heteroatoms. The molecule has 2 nitrogen and oxygen atoms in total. The Morgan fingerprint density at radius 2 is 1.80 bits per heavy atom. The first kappa shape index (κ1) is 12.5. The van der Waals surface area contributed by atoms with Crippen LogP contribution in [0.4, 0.5) is 13.2 Å². The smallest absolute Gasteiger partial charge is 0.224 e. The number of hydrogen-bond donors (Lipinski definition) is 0. The maximum atomic E-state index is 12.3. The quantitative estimate of drug-likeness (QED) is 0.799. The van der Waals surface area contributed by atoms with Gasteiger partial charge in [0.2, 0.25) is 0 Å². The molecule has 0 aliphatic carbocycles. The number of hydrogen-bond acceptors (Lipinski definition) is 2. The fourth-order valence-corrected chi connectivity index (χ4v) is 2.86. The molecule has 0 atom stereocenters. The molecule has 1 aromatic carbocycles. The highest BCUT2D eigenvalue weighted by molar-refractivity contribution is 9.10. The lowest BCUT2D eigenvalue weighted by molar-refractivity contribution is -0.137. The van der Waals surface area contributed by atoms with Crippen molar-refractivity contribution < 1.29 is 21.6 Å². The minimum Gasteiger partial charge on any atom is -0.224 e. The third kappa shape index (κ3) is 2.94. The molecule has 84 valence electrons. The molecule has 0 radical (unpaired) electrons. The standard InChI is InChI=1S/C8H6BrF3O2S/c1-15(13,14)7-4-5(8(10,11)12)2-3-6(7)9/h2-4H,1H3. The summed E-state index contributed by atoms with van der Waals surface area (Å²) < 4.78 is 59.2. The predicted octanol–water partition coefficient (Wildman–Crippen LogP) is 2.87. The summed E-state index contributed by atoms with van der Waals surface area (Å²) >= 11 is 2.89. The second-order valence-electron chi connectivity index (χ2n) is 2.92. The van der Waals surface area contributed by atoms with Gasteiger partial charge in [-0.2, -0.15) is 13.2 Å². The van der Waals surface area contributed by atoms with Crippen LogP contribution < -0.4 is 0 Å². The zero-order valence-electron chi connectivity index (χ0n) is 7.47. The first-order valence-electron chi connectivity index (χ1n) is 3.69. The summed E-state index contributed by atoms with van der Waals surface area (Å²) in [7, 11) is -3.66. The largest absolute Gasteiger partial charge is 0.416 e. The van der Waals surface area contributed by atoms with E-state index in [0.717, 1.165) is 18.4 Å². The summed E-state index contributed by atoms with van der Waals surface area (Å²) in [6.45, 7) is 0. The Morgan fingerprint density at radius 1 is 1.27 bits per heavy atom. The second kappa shape index (κ2) is 3.79. The highest BCUT2D eigenvalue weighted by Gasteiger charge is 2.31. The molecule has 0 amide bonds. The SMILES string of the molecule is CS(=O)(=O)c1cc(C(F)(F)F)ccc1Br. The Labute approximate surface area is 93.2 Å². The van der Waals surface area contributed by atoms with Crippen molar-refractivity contribution in [3.05, 3.63) is 28.2 Å². The number of benzene rings is 1. The monoisotopic (exact) mass is 302 g/mol. The maximum Gasteiger partial charge on any atom is 0.416 e. The van der Waals surface area contributed by atoms with Crippen LogP contribution in [0.15, 0.2) is 27.6 Å². The molecule has 0 bridgehead atoms. The van der Waals surface area contributed by atoms with Crippen molar-refractivity contribution in [1.29, 1.82) is 0 Å². The van der Waals surface area contributed by atoms with Crippen molar-refractivity contribution in [2.45, 2.75) is 11.1 Å². The Kier molecular flexibility index (Phi) is 3.16. The Morgan fingerprint density at radius 3 is 2.20 bits per heavy atom. The van der Waals surface area contributed by atoms with Crippen LogP contribution in [0.5, 0.6) is 0 Å². The number of sulfone groups is 1. The Bertz CT molecular complexity index is 479. The molecular formula is C8H6BrF3O2S. The number of rotatable bonds is 1. The van der Waals surface area contributed by atoms with Crippen LogP contribution >= 0.6 is 15.9 Å². The third-order valence-electron chi connectivity index (χ3n) is 1.66. The molecule has 1 aromatic rings. The normalized spacial score (nSPS) is 12.9. The van der Waals surface area contributed by atoms with E-state index in [1.54, 1.807) is 0 Å². The van der Waals surface area contributed by atoms with Gasteiger partial charge in [-0.05, 0) is 34.1 Å². The van der Waals surface area contributed by atoms with Crippen LogP contribution in [0.3, 0.4) is 0 Å². The number of halogens is 4. The second-order valence-corrected chi connectivity index (χ2v) is 5.75. The molecule has 0 aliphatic heterocycles. The first-order chi connectivity index (χ1) is 6.62. The van der Waals surface area contributed by atoms with E-state index < -0.39 is 21.6 Å². The predicted molar refractivity (Wildman–Crippen MR) is 52.3 cm³/mol. The van der Waals surface area contributed by atoms with E-state index in [9.17, 15) is 21.6 Å². The van der Waals surface area contributed by atoms with Gasteiger partial charge >= 0.3 is 6.18 Å². The van der Waals surface area contributed by atoms with Gasteiger partial charge in [-0.1, -0.05) is 0 Å². The lowest BCUT2D eigenvalue weighted by Gasteiger charge is -2.09. The molecule has 0 aromatic heterocycles. The van der Waals surface area contributed by atoms with Gasteiger partial charge in [0.05, 0.1) is 10.5 Å². The molecule has 0 spiro atoms. The highest BCUT2D eigenvalue weighted by atomic mass is 79.9. The molecule has 15 heavy (non-hydrogen) atoms. The van der Waals surface area contributed by atoms with Crippen LogP contribution in [-0.4, -0.2) is 14.7 Å². The van der Waals surface area contributed by atoms with E-state index >= 15 is 0 Å². The molecule has 0 aliphatic rings. The van der Waals surface area contributed by atoms with Gasteiger partial charge < -0.3 is 0 Å². The lowest BCUT2D eigenvalue weighted by atomic mass is 10.2. The lowest BCUT2D eigenvalue weighted by Crippen LogP contribution is -2.07. The van der Waals surface area contributed by atoms with Crippen molar-refractivity contribution >= 4 is 25.8 Å². The van der Waals surface area contributed by atoms with Gasteiger partial charge in [-0.15, -0.1) is 0 Å². The number of alkyl halides is 3. The van der Waals surface area contributed by atoms with Crippen LogP contribution in [0, 0.1) is 0 Å². The topological polar surface area (TPSA) is 34.1 Å². The molecule has 0 fully saturated rings. The van der Waals surface area contributed by atoms with E-state index in [1.807, 2.05) is 0 Å². The summed E-state index contributed by atoms with van der Waals surface area (Å²) in [5, 5.41) is 0. The fourth-order valence-electron chi connectivity index (χ4n) is 0.964. The molecule has 0 heterocycles. The zero-order chi connectivity index (χ0) is 11.9. The molecule has 0 saturated heterocycles. The van der Waals surface area contributed by atoms with E-state index in [0.29, 0.717) is 6.07 Å². The minimum atomic E-state index is -4.54.